The van der Waals surface area contributed by atoms with Crippen molar-refractivity contribution in [3.63, 3.8) is 0 Å². The molecular weight excluding hydrogens is 244 g/mol. The van der Waals surface area contributed by atoms with E-state index in [1.807, 2.05) is 0 Å². The normalized spacial score (nSPS) is 10.1. The Hall–Kier alpha value is -1.62. The highest BCUT2D eigenvalue weighted by molar-refractivity contribution is 6.18. The fourth-order valence-corrected chi connectivity index (χ4v) is 1.76. The van der Waals surface area contributed by atoms with Crippen LogP contribution in [0.4, 0.5) is 5.69 Å². The van der Waals surface area contributed by atoms with E-state index in [0.717, 1.165) is 0 Å². The quantitative estimate of drug-likeness (QED) is 0.471. The zero-order chi connectivity index (χ0) is 13.0. The number of nitro benzene ring substituents is 1. The van der Waals surface area contributed by atoms with Crippen molar-refractivity contribution in [1.82, 2.24) is 4.90 Å². The van der Waals surface area contributed by atoms with Gasteiger partial charge in [0.1, 0.15) is 5.56 Å². The number of hydrogen-bond donors (Lipinski definition) is 0. The van der Waals surface area contributed by atoms with Gasteiger partial charge < -0.3 is 4.90 Å². The van der Waals surface area contributed by atoms with E-state index in [0.29, 0.717) is 18.0 Å². The summed E-state index contributed by atoms with van der Waals surface area (Å²) in [6.07, 6.45) is 0. The Bertz CT molecular complexity index is 448. The third-order valence-corrected chi connectivity index (χ3v) is 2.60. The fourth-order valence-electron chi connectivity index (χ4n) is 1.50. The second kappa shape index (κ2) is 5.63. The van der Waals surface area contributed by atoms with Gasteiger partial charge in [-0.3, -0.25) is 14.9 Å². The maximum Gasteiger partial charge on any atom is 0.282 e. The Labute approximate surface area is 104 Å². The highest BCUT2D eigenvalue weighted by Crippen LogP contribution is 2.23. The van der Waals surface area contributed by atoms with Gasteiger partial charge in [0.15, 0.2) is 0 Å². The van der Waals surface area contributed by atoms with E-state index >= 15 is 0 Å². The first-order valence-electron chi connectivity index (χ1n) is 5.04. The zero-order valence-corrected chi connectivity index (χ0v) is 10.4. The van der Waals surface area contributed by atoms with Gasteiger partial charge >= 0.3 is 0 Å². The van der Waals surface area contributed by atoms with Crippen LogP contribution in [0.3, 0.4) is 0 Å². The number of benzene rings is 1. The van der Waals surface area contributed by atoms with E-state index in [1.54, 1.807) is 26.1 Å². The van der Waals surface area contributed by atoms with Gasteiger partial charge in [-0.1, -0.05) is 12.1 Å². The molecule has 0 radical (unpaired) electrons. The van der Waals surface area contributed by atoms with Gasteiger partial charge in [-0.15, -0.1) is 11.6 Å². The van der Waals surface area contributed by atoms with Crippen molar-refractivity contribution < 1.29 is 9.72 Å². The van der Waals surface area contributed by atoms with Crippen molar-refractivity contribution in [2.24, 2.45) is 0 Å². The van der Waals surface area contributed by atoms with Crippen LogP contribution in [-0.2, 0) is 0 Å². The predicted octanol–water partition coefficient (Wildman–Crippen LogP) is 2.21. The topological polar surface area (TPSA) is 63.5 Å². The minimum atomic E-state index is -0.547. The van der Waals surface area contributed by atoms with E-state index < -0.39 is 4.92 Å². The van der Waals surface area contributed by atoms with Crippen LogP contribution >= 0.6 is 11.6 Å². The lowest BCUT2D eigenvalue weighted by molar-refractivity contribution is -0.385. The number of amides is 1. The molecule has 0 heterocycles. The van der Waals surface area contributed by atoms with Crippen LogP contribution in [-0.4, -0.2) is 35.2 Å². The van der Waals surface area contributed by atoms with Crippen LogP contribution in [0.5, 0.6) is 0 Å². The number of nitro groups is 1. The van der Waals surface area contributed by atoms with Gasteiger partial charge in [-0.25, -0.2) is 0 Å². The molecule has 0 aliphatic carbocycles. The standard InChI is InChI=1S/C11H13ClN2O3/c1-8-4-3-5-9(14(16)17)10(8)11(15)13(2)7-6-12/h3-5H,6-7H2,1-2H3. The fraction of sp³-hybridized carbons (Fsp3) is 0.364. The number of aryl methyl sites for hydroxylation is 1. The van der Waals surface area contributed by atoms with Crippen molar-refractivity contribution in [1.29, 1.82) is 0 Å². The molecule has 5 nitrogen and oxygen atoms in total. The number of halogens is 1. The molecule has 0 saturated carbocycles. The molecule has 1 aromatic rings. The van der Waals surface area contributed by atoms with Gasteiger partial charge in [-0.2, -0.15) is 0 Å². The van der Waals surface area contributed by atoms with Crippen LogP contribution in [0.25, 0.3) is 0 Å². The first-order chi connectivity index (χ1) is 7.99. The van der Waals surface area contributed by atoms with Gasteiger partial charge in [0.05, 0.1) is 4.92 Å². The smallest absolute Gasteiger partial charge is 0.282 e. The molecule has 92 valence electrons. The molecule has 0 bridgehead atoms. The number of rotatable bonds is 4. The molecule has 0 aromatic heterocycles. The Morgan fingerprint density at radius 2 is 2.18 bits per heavy atom. The van der Waals surface area contributed by atoms with Crippen molar-refractivity contribution in [2.75, 3.05) is 19.5 Å². The van der Waals surface area contributed by atoms with E-state index in [1.165, 1.54) is 11.0 Å². The first-order valence-corrected chi connectivity index (χ1v) is 5.58. The van der Waals surface area contributed by atoms with Crippen molar-refractivity contribution in [3.8, 4) is 0 Å². The summed E-state index contributed by atoms with van der Waals surface area (Å²) in [6.45, 7) is 2.03. The second-order valence-electron chi connectivity index (χ2n) is 3.64. The Balaban J connectivity index is 3.20. The Morgan fingerprint density at radius 3 is 2.71 bits per heavy atom. The summed E-state index contributed by atoms with van der Waals surface area (Å²) in [4.78, 5) is 23.7. The predicted molar refractivity (Wildman–Crippen MR) is 65.5 cm³/mol. The largest absolute Gasteiger partial charge is 0.340 e. The monoisotopic (exact) mass is 256 g/mol. The summed E-state index contributed by atoms with van der Waals surface area (Å²) in [6, 6.07) is 4.56. The van der Waals surface area contributed by atoms with Crippen LogP contribution in [0.2, 0.25) is 0 Å². The molecule has 1 amide bonds. The molecule has 6 heteroatoms. The van der Waals surface area contributed by atoms with Crippen LogP contribution < -0.4 is 0 Å². The molecule has 0 atom stereocenters. The average molecular weight is 257 g/mol. The lowest BCUT2D eigenvalue weighted by Gasteiger charge is -2.16. The van der Waals surface area contributed by atoms with Gasteiger partial charge in [0.2, 0.25) is 0 Å². The van der Waals surface area contributed by atoms with E-state index in [-0.39, 0.29) is 17.2 Å². The highest BCUT2D eigenvalue weighted by atomic mass is 35.5. The van der Waals surface area contributed by atoms with Crippen molar-refractivity contribution >= 4 is 23.2 Å². The second-order valence-corrected chi connectivity index (χ2v) is 4.02. The van der Waals surface area contributed by atoms with E-state index in [2.05, 4.69) is 0 Å². The van der Waals surface area contributed by atoms with Gasteiger partial charge in [-0.05, 0) is 12.5 Å². The summed E-state index contributed by atoms with van der Waals surface area (Å²) in [7, 11) is 1.57. The highest BCUT2D eigenvalue weighted by Gasteiger charge is 2.24. The molecule has 0 aliphatic heterocycles. The zero-order valence-electron chi connectivity index (χ0n) is 9.64. The maximum atomic E-state index is 12.0. The molecule has 0 fully saturated rings. The van der Waals surface area contributed by atoms with Crippen LogP contribution in [0.15, 0.2) is 18.2 Å². The van der Waals surface area contributed by atoms with Gasteiger partial charge in [0, 0.05) is 25.5 Å². The molecule has 0 saturated heterocycles. The molecule has 17 heavy (non-hydrogen) atoms. The van der Waals surface area contributed by atoms with E-state index in [9.17, 15) is 14.9 Å². The Morgan fingerprint density at radius 1 is 1.53 bits per heavy atom. The molecule has 0 aliphatic rings. The lowest BCUT2D eigenvalue weighted by Crippen LogP contribution is -2.29. The number of carbonyl (C=O) groups excluding carboxylic acids is 1. The number of carbonyl (C=O) groups is 1. The summed E-state index contributed by atoms with van der Waals surface area (Å²) in [5, 5.41) is 10.9. The average Bonchev–Trinajstić information content (AvgIpc) is 2.28. The lowest BCUT2D eigenvalue weighted by atomic mass is 10.1. The van der Waals surface area contributed by atoms with Crippen LogP contribution in [0, 0.1) is 17.0 Å². The molecule has 1 aromatic carbocycles. The minimum absolute atomic E-state index is 0.130. The van der Waals surface area contributed by atoms with Gasteiger partial charge in [0.25, 0.3) is 11.6 Å². The number of nitrogens with zero attached hydrogens (tertiary/aromatic N) is 2. The molecule has 0 spiro atoms. The summed E-state index contributed by atoms with van der Waals surface area (Å²) >= 11 is 5.54. The minimum Gasteiger partial charge on any atom is -0.340 e. The molecule has 1 rings (SSSR count). The third kappa shape index (κ3) is 2.94. The molecule has 0 unspecified atom stereocenters. The van der Waals surface area contributed by atoms with Crippen molar-refractivity contribution in [2.45, 2.75) is 6.92 Å². The molecule has 0 N–H and O–H groups in total. The third-order valence-electron chi connectivity index (χ3n) is 2.43. The summed E-state index contributed by atoms with van der Waals surface area (Å²) < 4.78 is 0. The van der Waals surface area contributed by atoms with Crippen molar-refractivity contribution in [3.05, 3.63) is 39.4 Å². The van der Waals surface area contributed by atoms with E-state index in [4.69, 9.17) is 11.6 Å². The van der Waals surface area contributed by atoms with Crippen LogP contribution in [0.1, 0.15) is 15.9 Å². The SMILES string of the molecule is Cc1cccc([N+](=O)[O-])c1C(=O)N(C)CCCl. The number of alkyl halides is 1. The number of hydrogen-bond acceptors (Lipinski definition) is 3. The Kier molecular flexibility index (Phi) is 4.45. The first kappa shape index (κ1) is 13.4. The summed E-state index contributed by atoms with van der Waals surface area (Å²) in [5.74, 6) is -0.0856. The molecular formula is C11H13ClN2O3. The maximum absolute atomic E-state index is 12.0. The summed E-state index contributed by atoms with van der Waals surface area (Å²) in [5.41, 5.74) is 0.548.